The lowest BCUT2D eigenvalue weighted by atomic mass is 9.96. The number of benzene rings is 1. The lowest BCUT2D eigenvalue weighted by Crippen LogP contribution is -2.47. The zero-order valence-corrected chi connectivity index (χ0v) is 18.9. The first-order valence-electron chi connectivity index (χ1n) is 9.80. The van der Waals surface area contributed by atoms with Crippen LogP contribution in [0.3, 0.4) is 0 Å². The number of hydrogen-bond donors (Lipinski definition) is 2. The van der Waals surface area contributed by atoms with Crippen molar-refractivity contribution in [2.45, 2.75) is 40.7 Å². The molecule has 1 atom stereocenters. The fraction of sp³-hybridized carbons (Fsp3) is 0.364. The Hall–Kier alpha value is -3.20. The van der Waals surface area contributed by atoms with E-state index in [0.717, 1.165) is 11.3 Å². The highest BCUT2D eigenvalue weighted by atomic mass is 32.1. The van der Waals surface area contributed by atoms with E-state index in [9.17, 15) is 19.2 Å². The van der Waals surface area contributed by atoms with Crippen molar-refractivity contribution >= 4 is 51.4 Å². The molecule has 0 bridgehead atoms. The summed E-state index contributed by atoms with van der Waals surface area (Å²) in [6.45, 7) is 8.44. The Morgan fingerprint density at radius 2 is 1.90 bits per heavy atom. The molecule has 2 N–H and O–H groups in total. The third kappa shape index (κ3) is 4.93. The van der Waals surface area contributed by atoms with Crippen LogP contribution in [-0.2, 0) is 19.1 Å². The van der Waals surface area contributed by atoms with Crippen LogP contribution in [0, 0.1) is 12.3 Å². The van der Waals surface area contributed by atoms with E-state index >= 15 is 0 Å². The number of nitrogens with one attached hydrogen (secondary N) is 2. The fourth-order valence-corrected chi connectivity index (χ4v) is 3.91. The summed E-state index contributed by atoms with van der Waals surface area (Å²) < 4.78 is 5.40. The topological polar surface area (TPSA) is 105 Å². The number of anilines is 3. The van der Waals surface area contributed by atoms with Crippen LogP contribution < -0.4 is 15.5 Å². The molecule has 9 heteroatoms. The number of esters is 1. The first-order chi connectivity index (χ1) is 14.5. The second-order valence-corrected chi connectivity index (χ2v) is 9.42. The average Bonchev–Trinajstić information content (AvgIpc) is 3.06. The predicted octanol–water partition coefficient (Wildman–Crippen LogP) is 3.57. The molecule has 1 aromatic carbocycles. The molecular formula is C22H25N3O5S. The molecule has 0 spiro atoms. The van der Waals surface area contributed by atoms with Gasteiger partial charge in [-0.25, -0.2) is 4.79 Å². The number of carbonyl (C=O) groups excluding carboxylic acids is 4. The van der Waals surface area contributed by atoms with Crippen LogP contribution in [0.4, 0.5) is 16.4 Å². The molecule has 0 fully saturated rings. The van der Waals surface area contributed by atoms with Gasteiger partial charge in [-0.15, -0.1) is 11.3 Å². The molecule has 1 aromatic heterocycles. The lowest BCUT2D eigenvalue weighted by molar-refractivity contribution is -0.128. The van der Waals surface area contributed by atoms with E-state index < -0.39 is 23.4 Å². The minimum absolute atomic E-state index is 0.154. The lowest BCUT2D eigenvalue weighted by Gasteiger charge is -2.30. The molecule has 0 radical (unpaired) electrons. The summed E-state index contributed by atoms with van der Waals surface area (Å²) in [5.74, 6) is -1.64. The Kier molecular flexibility index (Phi) is 6.17. The maximum atomic E-state index is 12.9. The first-order valence-corrected chi connectivity index (χ1v) is 10.6. The monoisotopic (exact) mass is 443 g/mol. The molecular weight excluding hydrogens is 418 g/mol. The molecule has 31 heavy (non-hydrogen) atoms. The Morgan fingerprint density at radius 1 is 1.23 bits per heavy atom. The smallest absolute Gasteiger partial charge is 0.349 e. The zero-order valence-electron chi connectivity index (χ0n) is 18.1. The van der Waals surface area contributed by atoms with Gasteiger partial charge in [-0.1, -0.05) is 32.9 Å². The summed E-state index contributed by atoms with van der Waals surface area (Å²) in [5, 5.41) is 6.04. The number of hydrogen-bond acceptors (Lipinski definition) is 6. The molecule has 2 aromatic rings. The molecule has 3 rings (SSSR count). The van der Waals surface area contributed by atoms with E-state index in [4.69, 9.17) is 4.74 Å². The van der Waals surface area contributed by atoms with Gasteiger partial charge in [-0.05, 0) is 37.6 Å². The number of carbonyl (C=O) groups is 4. The first kappa shape index (κ1) is 22.5. The second kappa shape index (κ2) is 8.50. The summed E-state index contributed by atoms with van der Waals surface area (Å²) in [5.41, 5.74) is 1.14. The second-order valence-electron chi connectivity index (χ2n) is 8.36. The largest absolute Gasteiger partial charge is 0.448 e. The molecule has 2 heterocycles. The van der Waals surface area contributed by atoms with Gasteiger partial charge in [0.15, 0.2) is 6.10 Å². The number of para-hydroxylation sites is 2. The number of ether oxygens (including phenoxy) is 1. The van der Waals surface area contributed by atoms with Crippen molar-refractivity contribution in [2.24, 2.45) is 5.41 Å². The molecule has 0 saturated carbocycles. The number of fused-ring (bicyclic) bond motifs is 1. The van der Waals surface area contributed by atoms with Gasteiger partial charge in [0.1, 0.15) is 11.4 Å². The van der Waals surface area contributed by atoms with Gasteiger partial charge < -0.3 is 15.4 Å². The van der Waals surface area contributed by atoms with E-state index in [0.29, 0.717) is 26.8 Å². The number of nitrogens with zero attached hydrogens (tertiary/aromatic N) is 1. The summed E-state index contributed by atoms with van der Waals surface area (Å²) >= 11 is 1.09. The van der Waals surface area contributed by atoms with Gasteiger partial charge in [-0.3, -0.25) is 19.3 Å². The zero-order chi connectivity index (χ0) is 22.9. The Balaban J connectivity index is 1.72. The maximum Gasteiger partial charge on any atom is 0.349 e. The van der Waals surface area contributed by atoms with Crippen LogP contribution in [0.15, 0.2) is 30.3 Å². The predicted molar refractivity (Wildman–Crippen MR) is 119 cm³/mol. The highest BCUT2D eigenvalue weighted by molar-refractivity contribution is 7.18. The third-order valence-corrected chi connectivity index (χ3v) is 5.82. The standard InChI is InChI=1S/C22H25N3O5S/c1-12-10-17(24-21(29)22(3,4)5)31-18(12)20(28)30-13(2)19(27)25-11-16(26)23-14-8-6-7-9-15(14)25/h6-10,13H,11H2,1-5H3,(H,23,26)(H,24,29). The quantitative estimate of drug-likeness (QED) is 0.703. The molecule has 1 unspecified atom stereocenters. The third-order valence-electron chi connectivity index (χ3n) is 4.69. The number of amides is 3. The molecule has 0 aliphatic carbocycles. The van der Waals surface area contributed by atoms with E-state index in [-0.39, 0.29) is 18.4 Å². The maximum absolute atomic E-state index is 12.9. The van der Waals surface area contributed by atoms with E-state index in [1.807, 2.05) is 0 Å². The van der Waals surface area contributed by atoms with Crippen molar-refractivity contribution < 1.29 is 23.9 Å². The number of thiophene rings is 1. The fourth-order valence-electron chi connectivity index (χ4n) is 2.96. The van der Waals surface area contributed by atoms with Crippen LogP contribution in [0.5, 0.6) is 0 Å². The number of rotatable bonds is 4. The van der Waals surface area contributed by atoms with Crippen molar-refractivity contribution in [1.29, 1.82) is 0 Å². The van der Waals surface area contributed by atoms with Crippen molar-refractivity contribution in [1.82, 2.24) is 0 Å². The van der Waals surface area contributed by atoms with Gasteiger partial charge in [0.2, 0.25) is 11.8 Å². The van der Waals surface area contributed by atoms with Crippen LogP contribution in [0.2, 0.25) is 0 Å². The van der Waals surface area contributed by atoms with Crippen molar-refractivity contribution in [2.75, 3.05) is 22.1 Å². The highest BCUT2D eigenvalue weighted by Gasteiger charge is 2.32. The highest BCUT2D eigenvalue weighted by Crippen LogP contribution is 2.31. The molecule has 1 aliphatic heterocycles. The minimum Gasteiger partial charge on any atom is -0.448 e. The van der Waals surface area contributed by atoms with Crippen LogP contribution in [0.1, 0.15) is 42.9 Å². The summed E-state index contributed by atoms with van der Waals surface area (Å²) in [7, 11) is 0. The van der Waals surface area contributed by atoms with Gasteiger partial charge in [-0.2, -0.15) is 0 Å². The van der Waals surface area contributed by atoms with Gasteiger partial charge in [0.25, 0.3) is 5.91 Å². The number of aryl methyl sites for hydroxylation is 1. The van der Waals surface area contributed by atoms with Gasteiger partial charge >= 0.3 is 5.97 Å². The average molecular weight is 444 g/mol. The van der Waals surface area contributed by atoms with Crippen molar-refractivity contribution in [3.05, 3.63) is 40.8 Å². The van der Waals surface area contributed by atoms with Crippen LogP contribution in [0.25, 0.3) is 0 Å². The van der Waals surface area contributed by atoms with E-state index in [2.05, 4.69) is 10.6 Å². The molecule has 164 valence electrons. The summed E-state index contributed by atoms with van der Waals surface area (Å²) in [6, 6.07) is 8.63. The molecule has 0 saturated heterocycles. The summed E-state index contributed by atoms with van der Waals surface area (Å²) in [6.07, 6.45) is -1.10. The SMILES string of the molecule is Cc1cc(NC(=O)C(C)(C)C)sc1C(=O)OC(C)C(=O)N1CC(=O)Nc2ccccc21. The Bertz CT molecular complexity index is 1050. The Labute approximate surface area is 184 Å². The van der Waals surface area contributed by atoms with E-state index in [1.54, 1.807) is 58.0 Å². The molecule has 8 nitrogen and oxygen atoms in total. The van der Waals surface area contributed by atoms with Crippen molar-refractivity contribution in [3.63, 3.8) is 0 Å². The van der Waals surface area contributed by atoms with Crippen LogP contribution >= 0.6 is 11.3 Å². The Morgan fingerprint density at radius 3 is 2.58 bits per heavy atom. The normalized spacial score (nSPS) is 14.4. The summed E-state index contributed by atoms with van der Waals surface area (Å²) in [4.78, 5) is 51.4. The van der Waals surface area contributed by atoms with Crippen LogP contribution in [-0.4, -0.2) is 36.3 Å². The van der Waals surface area contributed by atoms with Crippen molar-refractivity contribution in [3.8, 4) is 0 Å². The van der Waals surface area contributed by atoms with Gasteiger partial charge in [0, 0.05) is 5.41 Å². The minimum atomic E-state index is -1.10. The molecule has 1 aliphatic rings. The molecule has 3 amide bonds. The van der Waals surface area contributed by atoms with E-state index in [1.165, 1.54) is 11.8 Å². The van der Waals surface area contributed by atoms with Gasteiger partial charge in [0.05, 0.1) is 16.4 Å².